The molecule has 0 heterocycles. The lowest BCUT2D eigenvalue weighted by Crippen LogP contribution is -2.59. The van der Waals surface area contributed by atoms with E-state index in [9.17, 15) is 46.1 Å². The van der Waals surface area contributed by atoms with Gasteiger partial charge >= 0.3 is 24.3 Å². The Hall–Kier alpha value is -1.82. The number of hydrogen-bond acceptors (Lipinski definition) is 6. The predicted octanol–water partition coefficient (Wildman–Crippen LogP) is 2.43. The summed E-state index contributed by atoms with van der Waals surface area (Å²) >= 11 is 0. The molecule has 2 N–H and O–H groups in total. The average Bonchev–Trinajstić information content (AvgIpc) is 3.00. The number of rotatable bonds is 7. The molecule has 0 saturated carbocycles. The SMILES string of the molecule is CCOC(=O)[C@@](O)([C@H]1CCC=C1C[C@](O)(C(=O)OCC)C(F)(F)F)C(F)(F)F. The summed E-state index contributed by atoms with van der Waals surface area (Å²) in [4.78, 5) is 23.5. The number of esters is 2. The van der Waals surface area contributed by atoms with Crippen LogP contribution in [-0.4, -0.2) is 58.9 Å². The highest BCUT2D eigenvalue weighted by Crippen LogP contribution is 2.49. The average molecular weight is 422 g/mol. The van der Waals surface area contributed by atoms with E-state index in [1.165, 1.54) is 13.8 Å². The van der Waals surface area contributed by atoms with Crippen LogP contribution in [0.2, 0.25) is 0 Å². The predicted molar refractivity (Wildman–Crippen MR) is 80.7 cm³/mol. The van der Waals surface area contributed by atoms with Crippen LogP contribution >= 0.6 is 0 Å². The van der Waals surface area contributed by atoms with Crippen molar-refractivity contribution < 1.29 is 55.6 Å². The van der Waals surface area contributed by atoms with Crippen LogP contribution in [-0.2, 0) is 19.1 Å². The first kappa shape index (κ1) is 24.2. The van der Waals surface area contributed by atoms with E-state index in [0.29, 0.717) is 0 Å². The van der Waals surface area contributed by atoms with Gasteiger partial charge < -0.3 is 19.7 Å². The Kier molecular flexibility index (Phi) is 7.16. The van der Waals surface area contributed by atoms with E-state index in [1.54, 1.807) is 0 Å². The van der Waals surface area contributed by atoms with Gasteiger partial charge in [-0.1, -0.05) is 11.6 Å². The molecule has 6 nitrogen and oxygen atoms in total. The number of aliphatic hydroxyl groups is 2. The molecule has 0 amide bonds. The van der Waals surface area contributed by atoms with Crippen molar-refractivity contribution in [3.05, 3.63) is 11.6 Å². The maximum Gasteiger partial charge on any atom is 0.428 e. The van der Waals surface area contributed by atoms with Crippen LogP contribution in [0.1, 0.15) is 33.1 Å². The lowest BCUT2D eigenvalue weighted by molar-refractivity contribution is -0.277. The van der Waals surface area contributed by atoms with Gasteiger partial charge in [-0.05, 0) is 26.7 Å². The van der Waals surface area contributed by atoms with Gasteiger partial charge in [0.25, 0.3) is 11.2 Å². The highest BCUT2D eigenvalue weighted by atomic mass is 19.4. The third-order valence-electron chi connectivity index (χ3n) is 4.37. The Bertz CT molecular complexity index is 628. The fourth-order valence-corrected chi connectivity index (χ4v) is 2.97. The molecule has 0 aromatic heterocycles. The van der Waals surface area contributed by atoms with Crippen molar-refractivity contribution in [2.75, 3.05) is 13.2 Å². The van der Waals surface area contributed by atoms with E-state index in [-0.39, 0.29) is 6.42 Å². The molecule has 0 spiro atoms. The smallest absolute Gasteiger partial charge is 0.428 e. The summed E-state index contributed by atoms with van der Waals surface area (Å²) in [5.74, 6) is -6.34. The number of alkyl halides is 6. The van der Waals surface area contributed by atoms with Gasteiger partial charge in [-0.15, -0.1) is 0 Å². The molecule has 0 bridgehead atoms. The van der Waals surface area contributed by atoms with E-state index >= 15 is 0 Å². The molecule has 12 heteroatoms. The van der Waals surface area contributed by atoms with Gasteiger partial charge in [-0.2, -0.15) is 26.3 Å². The Morgan fingerprint density at radius 2 is 1.50 bits per heavy atom. The normalized spacial score (nSPS) is 22.1. The lowest BCUT2D eigenvalue weighted by atomic mass is 9.77. The molecule has 1 rings (SSSR count). The number of carbonyl (C=O) groups is 2. The third kappa shape index (κ3) is 4.27. The minimum absolute atomic E-state index is 0.214. The van der Waals surface area contributed by atoms with Crippen molar-refractivity contribution in [1.82, 2.24) is 0 Å². The van der Waals surface area contributed by atoms with E-state index in [4.69, 9.17) is 0 Å². The molecule has 3 atom stereocenters. The number of halogens is 6. The maximum absolute atomic E-state index is 13.5. The van der Waals surface area contributed by atoms with E-state index < -0.39 is 73.0 Å². The summed E-state index contributed by atoms with van der Waals surface area (Å²) in [5, 5.41) is 20.1. The Morgan fingerprint density at radius 1 is 1.00 bits per heavy atom. The minimum Gasteiger partial charge on any atom is -0.464 e. The van der Waals surface area contributed by atoms with Crippen LogP contribution in [0.25, 0.3) is 0 Å². The molecule has 0 aromatic rings. The molecule has 0 fully saturated rings. The molecule has 1 aliphatic carbocycles. The first-order chi connectivity index (χ1) is 12.7. The molecule has 0 aliphatic heterocycles. The van der Waals surface area contributed by atoms with E-state index in [1.807, 2.05) is 0 Å². The van der Waals surface area contributed by atoms with Gasteiger partial charge in [0.2, 0.25) is 0 Å². The van der Waals surface area contributed by atoms with Crippen LogP contribution in [0.4, 0.5) is 26.3 Å². The molecule has 0 aromatic carbocycles. The molecule has 0 saturated heterocycles. The summed E-state index contributed by atoms with van der Waals surface area (Å²) in [6, 6.07) is 0. The van der Waals surface area contributed by atoms with Gasteiger partial charge in [-0.25, -0.2) is 9.59 Å². The first-order valence-corrected chi connectivity index (χ1v) is 8.28. The van der Waals surface area contributed by atoms with Gasteiger partial charge in [0.15, 0.2) is 0 Å². The lowest BCUT2D eigenvalue weighted by Gasteiger charge is -2.37. The zero-order chi connectivity index (χ0) is 22.0. The Morgan fingerprint density at radius 3 is 1.93 bits per heavy atom. The molecular weight excluding hydrogens is 402 g/mol. The number of hydrogen-bond donors (Lipinski definition) is 2. The summed E-state index contributed by atoms with van der Waals surface area (Å²) in [5.41, 5.74) is -9.02. The second-order valence-electron chi connectivity index (χ2n) is 6.15. The fourth-order valence-electron chi connectivity index (χ4n) is 2.97. The summed E-state index contributed by atoms with van der Waals surface area (Å²) < 4.78 is 88.9. The quantitative estimate of drug-likeness (QED) is 0.372. The van der Waals surface area contributed by atoms with Crippen LogP contribution in [0, 0.1) is 5.92 Å². The highest BCUT2D eigenvalue weighted by Gasteiger charge is 2.68. The molecule has 28 heavy (non-hydrogen) atoms. The summed E-state index contributed by atoms with van der Waals surface area (Å²) in [7, 11) is 0. The largest absolute Gasteiger partial charge is 0.464 e. The Labute approximate surface area is 156 Å². The Balaban J connectivity index is 3.36. The maximum atomic E-state index is 13.5. The standard InChI is InChI=1S/C16H20F6O6/c1-3-27-11(23)13(25,15(17,18)19)8-9-6-5-7-10(9)14(26,16(20,21)22)12(24)28-4-2/h6,10,25-26H,3-5,7-8H2,1-2H3/t10-,13-,14-/m0/s1. The van der Waals surface area contributed by atoms with Gasteiger partial charge in [0, 0.05) is 12.3 Å². The zero-order valence-electron chi connectivity index (χ0n) is 15.0. The fraction of sp³-hybridized carbons (Fsp3) is 0.750. The van der Waals surface area contributed by atoms with Gasteiger partial charge in [0.1, 0.15) is 0 Å². The zero-order valence-corrected chi connectivity index (χ0v) is 15.0. The second-order valence-corrected chi connectivity index (χ2v) is 6.15. The number of ether oxygens (including phenoxy) is 2. The molecule has 162 valence electrons. The molecule has 0 radical (unpaired) electrons. The van der Waals surface area contributed by atoms with Crippen LogP contribution < -0.4 is 0 Å². The number of allylic oxidation sites excluding steroid dienone is 1. The first-order valence-electron chi connectivity index (χ1n) is 8.28. The van der Waals surface area contributed by atoms with Gasteiger partial charge in [0.05, 0.1) is 13.2 Å². The highest BCUT2D eigenvalue weighted by molar-refractivity contribution is 5.83. The number of carbonyl (C=O) groups excluding carboxylic acids is 2. The van der Waals surface area contributed by atoms with Crippen molar-refractivity contribution in [3.8, 4) is 0 Å². The molecule has 1 aliphatic rings. The van der Waals surface area contributed by atoms with Crippen LogP contribution in [0.15, 0.2) is 11.6 Å². The minimum atomic E-state index is -5.58. The summed E-state index contributed by atoms with van der Waals surface area (Å²) in [6.07, 6.45) is -12.6. The van der Waals surface area contributed by atoms with Crippen molar-refractivity contribution >= 4 is 11.9 Å². The van der Waals surface area contributed by atoms with Crippen LogP contribution in [0.5, 0.6) is 0 Å². The summed E-state index contributed by atoms with van der Waals surface area (Å²) in [6.45, 7) is 1.33. The molecular formula is C16H20F6O6. The topological polar surface area (TPSA) is 93.1 Å². The van der Waals surface area contributed by atoms with Gasteiger partial charge in [-0.3, -0.25) is 0 Å². The van der Waals surface area contributed by atoms with Crippen LogP contribution in [0.3, 0.4) is 0 Å². The third-order valence-corrected chi connectivity index (χ3v) is 4.37. The van der Waals surface area contributed by atoms with Crippen molar-refractivity contribution in [2.45, 2.75) is 56.7 Å². The van der Waals surface area contributed by atoms with Crippen molar-refractivity contribution in [2.24, 2.45) is 5.92 Å². The van der Waals surface area contributed by atoms with Crippen molar-refractivity contribution in [3.63, 3.8) is 0 Å². The molecule has 0 unspecified atom stereocenters. The van der Waals surface area contributed by atoms with E-state index in [0.717, 1.165) is 6.08 Å². The monoisotopic (exact) mass is 422 g/mol. The van der Waals surface area contributed by atoms with E-state index in [2.05, 4.69) is 9.47 Å². The van der Waals surface area contributed by atoms with Crippen molar-refractivity contribution in [1.29, 1.82) is 0 Å². The second kappa shape index (κ2) is 8.27.